The highest BCUT2D eigenvalue weighted by Gasteiger charge is 2.53. The van der Waals surface area contributed by atoms with Crippen LogP contribution in [0.3, 0.4) is 0 Å². The second-order valence-electron chi connectivity index (χ2n) is 15.8. The van der Waals surface area contributed by atoms with E-state index in [-0.39, 0.29) is 5.41 Å². The Kier molecular flexibility index (Phi) is 7.32. The van der Waals surface area contributed by atoms with E-state index in [1.54, 1.807) is 11.8 Å². The second kappa shape index (κ2) is 10.1. The molecule has 232 valence electrons. The minimum Gasteiger partial charge on any atom is -0.399 e. The number of fused-ring (bicyclic) bond motifs is 2. The van der Waals surface area contributed by atoms with Crippen molar-refractivity contribution in [1.29, 1.82) is 0 Å². The first kappa shape index (κ1) is 31.7. The monoisotopic (exact) mass is 611 g/mol. The maximum Gasteiger partial charge on any atom is 0.494 e. The number of aryl methyl sites for hydroxylation is 2. The van der Waals surface area contributed by atoms with E-state index in [1.165, 1.54) is 22.4 Å². The van der Waals surface area contributed by atoms with Crippen molar-refractivity contribution in [2.24, 2.45) is 0 Å². The van der Waals surface area contributed by atoms with Gasteiger partial charge in [0, 0.05) is 9.79 Å². The van der Waals surface area contributed by atoms with Gasteiger partial charge >= 0.3 is 14.2 Å². The molecule has 3 aromatic carbocycles. The molecule has 2 saturated heterocycles. The van der Waals surface area contributed by atoms with Gasteiger partial charge in [0.15, 0.2) is 0 Å². The molecule has 8 heteroatoms. The molecule has 0 N–H and O–H groups in total. The van der Waals surface area contributed by atoms with Gasteiger partial charge in [-0.15, -0.1) is 0 Å². The molecule has 0 unspecified atom stereocenters. The predicted molar refractivity (Wildman–Crippen MR) is 185 cm³/mol. The lowest BCUT2D eigenvalue weighted by Gasteiger charge is -2.36. The summed E-state index contributed by atoms with van der Waals surface area (Å²) in [7, 11) is -0.849. The minimum atomic E-state index is -0.425. The van der Waals surface area contributed by atoms with Crippen LogP contribution in [0, 0.1) is 13.8 Å². The Morgan fingerprint density at radius 2 is 0.955 bits per heavy atom. The Morgan fingerprint density at radius 1 is 0.591 bits per heavy atom. The van der Waals surface area contributed by atoms with Crippen molar-refractivity contribution in [2.75, 3.05) is 4.90 Å². The molecule has 6 rings (SSSR count). The fourth-order valence-electron chi connectivity index (χ4n) is 6.08. The molecule has 0 saturated carbocycles. The topological polar surface area (TPSA) is 40.2 Å². The molecule has 3 aliphatic heterocycles. The Morgan fingerprint density at radius 3 is 1.30 bits per heavy atom. The van der Waals surface area contributed by atoms with Crippen LogP contribution in [0.5, 0.6) is 0 Å². The van der Waals surface area contributed by atoms with Gasteiger partial charge in [-0.05, 0) is 127 Å². The predicted octanol–water partition coefficient (Wildman–Crippen LogP) is 8.13. The van der Waals surface area contributed by atoms with Gasteiger partial charge in [0.05, 0.1) is 39.5 Å². The average Bonchev–Trinajstić information content (AvgIpc) is 3.25. The van der Waals surface area contributed by atoms with Crippen LogP contribution in [0.4, 0.5) is 17.1 Å². The quantitative estimate of drug-likeness (QED) is 0.218. The van der Waals surface area contributed by atoms with Crippen molar-refractivity contribution in [3.05, 3.63) is 65.2 Å². The van der Waals surface area contributed by atoms with Gasteiger partial charge < -0.3 is 23.5 Å². The first-order valence-electron chi connectivity index (χ1n) is 15.8. The molecule has 0 aliphatic carbocycles. The van der Waals surface area contributed by atoms with Crippen molar-refractivity contribution in [2.45, 2.75) is 128 Å². The molecule has 3 heterocycles. The first-order valence-corrected chi connectivity index (χ1v) is 16.6. The maximum absolute atomic E-state index is 6.45. The second-order valence-corrected chi connectivity index (χ2v) is 16.9. The van der Waals surface area contributed by atoms with E-state index in [1.807, 2.05) is 0 Å². The lowest BCUT2D eigenvalue weighted by molar-refractivity contribution is 0.00578. The molecule has 2 fully saturated rings. The number of benzene rings is 3. The van der Waals surface area contributed by atoms with Gasteiger partial charge in [0.25, 0.3) is 0 Å². The van der Waals surface area contributed by atoms with Crippen LogP contribution in [0.25, 0.3) is 0 Å². The fraction of sp³-hybridized carbons (Fsp3) is 0.500. The molecule has 0 aromatic heterocycles. The van der Waals surface area contributed by atoms with E-state index >= 15 is 0 Å². The summed E-state index contributed by atoms with van der Waals surface area (Å²) in [6, 6.07) is 18.0. The van der Waals surface area contributed by atoms with Crippen molar-refractivity contribution >= 4 is 54.0 Å². The van der Waals surface area contributed by atoms with Crippen LogP contribution in [0.2, 0.25) is 0 Å². The van der Waals surface area contributed by atoms with Gasteiger partial charge in [-0.2, -0.15) is 0 Å². The summed E-state index contributed by atoms with van der Waals surface area (Å²) in [5.74, 6) is 0. The Balaban J connectivity index is 1.48. The molecule has 3 aromatic rings. The van der Waals surface area contributed by atoms with Crippen molar-refractivity contribution < 1.29 is 18.6 Å². The Labute approximate surface area is 269 Å². The van der Waals surface area contributed by atoms with Crippen molar-refractivity contribution in [1.82, 2.24) is 0 Å². The molecule has 5 nitrogen and oxygen atoms in total. The third-order valence-electron chi connectivity index (χ3n) is 10.3. The molecule has 0 radical (unpaired) electrons. The van der Waals surface area contributed by atoms with Crippen LogP contribution in [0.1, 0.15) is 92.9 Å². The third-order valence-corrected chi connectivity index (χ3v) is 11.4. The van der Waals surface area contributed by atoms with Crippen LogP contribution in [0.15, 0.2) is 58.3 Å². The zero-order valence-electron chi connectivity index (χ0n) is 28.8. The maximum atomic E-state index is 6.45. The lowest BCUT2D eigenvalue weighted by atomic mass is 9.78. The molecular formula is C36H47B2NO4S. The molecule has 44 heavy (non-hydrogen) atoms. The van der Waals surface area contributed by atoms with Crippen LogP contribution >= 0.6 is 11.8 Å². The van der Waals surface area contributed by atoms with Crippen LogP contribution in [-0.2, 0) is 24.0 Å². The summed E-state index contributed by atoms with van der Waals surface area (Å²) >= 11 is 1.78. The summed E-state index contributed by atoms with van der Waals surface area (Å²) in [4.78, 5) is 4.75. The standard InChI is InChI=1S/C36H47B2NO4S/c1-22-18-24(32(3,4)5)19-23(2)31(22)39-27-16-14-25(37-40-33(6,7)34(8,9)41-37)20-29(27)44-30-21-26(15-17-28(30)39)38-42-35(10,11)36(12,13)43-38/h14-21H,1-13H3. The van der Waals surface area contributed by atoms with Gasteiger partial charge in [-0.3, -0.25) is 0 Å². The number of anilines is 3. The Bertz CT molecular complexity index is 1500. The van der Waals surface area contributed by atoms with E-state index in [0.29, 0.717) is 0 Å². The summed E-state index contributed by atoms with van der Waals surface area (Å²) in [5, 5.41) is 0. The SMILES string of the molecule is Cc1cc(C(C)(C)C)cc(C)c1N1c2ccc(B3OC(C)(C)C(C)(C)O3)cc2Sc2cc(B3OC(C)(C)C(C)(C)O3)ccc21. The lowest BCUT2D eigenvalue weighted by Crippen LogP contribution is -2.41. The minimum absolute atomic E-state index is 0.0666. The highest BCUT2D eigenvalue weighted by Crippen LogP contribution is 2.53. The van der Waals surface area contributed by atoms with Gasteiger partial charge in [0.2, 0.25) is 0 Å². The highest BCUT2D eigenvalue weighted by molar-refractivity contribution is 7.99. The first-order chi connectivity index (χ1) is 20.2. The smallest absolute Gasteiger partial charge is 0.399 e. The summed E-state index contributed by atoms with van der Waals surface area (Å²) < 4.78 is 25.8. The molecule has 0 bridgehead atoms. The average molecular weight is 611 g/mol. The fourth-order valence-corrected chi connectivity index (χ4v) is 7.23. The number of nitrogens with zero attached hydrogens (tertiary/aromatic N) is 1. The van der Waals surface area contributed by atoms with E-state index < -0.39 is 36.6 Å². The van der Waals surface area contributed by atoms with Crippen molar-refractivity contribution in [3.8, 4) is 0 Å². The molecular weight excluding hydrogens is 564 g/mol. The van der Waals surface area contributed by atoms with Crippen LogP contribution < -0.4 is 15.8 Å². The summed E-state index contributed by atoms with van der Waals surface area (Å²) in [6.07, 6.45) is 0. The number of hydrogen-bond donors (Lipinski definition) is 0. The zero-order chi connectivity index (χ0) is 32.2. The van der Waals surface area contributed by atoms with Crippen molar-refractivity contribution in [3.63, 3.8) is 0 Å². The van der Waals surface area contributed by atoms with Gasteiger partial charge in [-0.1, -0.05) is 56.8 Å². The summed E-state index contributed by atoms with van der Waals surface area (Å²) in [5.41, 5.74) is 7.88. The normalized spacial score (nSPS) is 21.4. The highest BCUT2D eigenvalue weighted by atomic mass is 32.2. The van der Waals surface area contributed by atoms with Crippen LogP contribution in [-0.4, -0.2) is 36.6 Å². The number of hydrogen-bond acceptors (Lipinski definition) is 6. The Hall–Kier alpha value is -2.22. The number of rotatable bonds is 3. The largest absolute Gasteiger partial charge is 0.494 e. The van der Waals surface area contributed by atoms with E-state index in [0.717, 1.165) is 32.1 Å². The molecule has 3 aliphatic rings. The zero-order valence-corrected chi connectivity index (χ0v) is 29.6. The molecule has 0 amide bonds. The van der Waals surface area contributed by atoms with Gasteiger partial charge in [-0.25, -0.2) is 0 Å². The van der Waals surface area contributed by atoms with Gasteiger partial charge in [0.1, 0.15) is 0 Å². The van der Waals surface area contributed by atoms with E-state index in [4.69, 9.17) is 18.6 Å². The molecule has 0 atom stereocenters. The van der Waals surface area contributed by atoms with E-state index in [9.17, 15) is 0 Å². The third kappa shape index (κ3) is 5.15. The molecule has 0 spiro atoms. The summed E-state index contributed by atoms with van der Waals surface area (Å²) in [6.45, 7) is 28.1. The van der Waals surface area contributed by atoms with E-state index in [2.05, 4.69) is 143 Å².